The summed E-state index contributed by atoms with van der Waals surface area (Å²) in [6.45, 7) is 1.54. The Morgan fingerprint density at radius 2 is 2.15 bits per heavy atom. The highest BCUT2D eigenvalue weighted by Crippen LogP contribution is 2.24. The third-order valence-electron chi connectivity index (χ3n) is 2.53. The van der Waals surface area contributed by atoms with Crippen LogP contribution in [0.1, 0.15) is 16.1 Å². The standard InChI is InChI=1S/C11H10ClN3O4S/c1-6-10(5-13-14-6)20(18,19)15-9-3-2-7(12)4-8(9)11(16)17/h2-5,15H,1H3,(H,13,14)(H,16,17). The second kappa shape index (κ2) is 5.14. The molecule has 3 N–H and O–H groups in total. The summed E-state index contributed by atoms with van der Waals surface area (Å²) < 4.78 is 26.5. The Balaban J connectivity index is 2.45. The number of nitrogens with zero attached hydrogens (tertiary/aromatic N) is 1. The van der Waals surface area contributed by atoms with Gasteiger partial charge in [0.15, 0.2) is 0 Å². The van der Waals surface area contributed by atoms with Crippen molar-refractivity contribution in [2.75, 3.05) is 4.72 Å². The third-order valence-corrected chi connectivity index (χ3v) is 4.24. The minimum absolute atomic E-state index is 0.0520. The zero-order valence-corrected chi connectivity index (χ0v) is 11.8. The van der Waals surface area contributed by atoms with Crippen molar-refractivity contribution in [1.29, 1.82) is 0 Å². The van der Waals surface area contributed by atoms with Crippen LogP contribution in [0.15, 0.2) is 29.3 Å². The Bertz CT molecular complexity index is 770. The van der Waals surface area contributed by atoms with E-state index in [1.165, 1.54) is 18.2 Å². The number of aromatic nitrogens is 2. The maximum atomic E-state index is 12.1. The summed E-state index contributed by atoms with van der Waals surface area (Å²) in [5.41, 5.74) is 0.0491. The van der Waals surface area contributed by atoms with Crippen molar-refractivity contribution in [2.24, 2.45) is 0 Å². The zero-order valence-electron chi connectivity index (χ0n) is 10.2. The van der Waals surface area contributed by atoms with Crippen molar-refractivity contribution in [3.63, 3.8) is 0 Å². The van der Waals surface area contributed by atoms with Crippen molar-refractivity contribution >= 4 is 33.3 Å². The summed E-state index contributed by atoms with van der Waals surface area (Å²) in [5, 5.41) is 15.4. The molecule has 0 amide bonds. The molecular formula is C11H10ClN3O4S. The van der Waals surface area contributed by atoms with E-state index >= 15 is 0 Å². The van der Waals surface area contributed by atoms with Gasteiger partial charge in [-0.25, -0.2) is 13.2 Å². The van der Waals surface area contributed by atoms with Crippen molar-refractivity contribution in [3.05, 3.63) is 40.7 Å². The highest BCUT2D eigenvalue weighted by Gasteiger charge is 2.21. The average molecular weight is 316 g/mol. The molecule has 0 aliphatic rings. The van der Waals surface area contributed by atoms with E-state index < -0.39 is 16.0 Å². The van der Waals surface area contributed by atoms with Crippen LogP contribution in [-0.2, 0) is 10.0 Å². The summed E-state index contributed by atoms with van der Waals surface area (Å²) in [4.78, 5) is 11.0. The van der Waals surface area contributed by atoms with Gasteiger partial charge in [-0.2, -0.15) is 5.10 Å². The first-order chi connectivity index (χ1) is 9.31. The van der Waals surface area contributed by atoms with Crippen molar-refractivity contribution < 1.29 is 18.3 Å². The van der Waals surface area contributed by atoms with Crippen LogP contribution in [0.25, 0.3) is 0 Å². The maximum absolute atomic E-state index is 12.1. The fourth-order valence-electron chi connectivity index (χ4n) is 1.59. The van der Waals surface area contributed by atoms with Gasteiger partial charge in [0.05, 0.1) is 23.1 Å². The number of sulfonamides is 1. The fourth-order valence-corrected chi connectivity index (χ4v) is 2.98. The molecule has 1 aromatic carbocycles. The highest BCUT2D eigenvalue weighted by atomic mass is 35.5. The summed E-state index contributed by atoms with van der Waals surface area (Å²) in [5.74, 6) is -1.28. The fraction of sp³-hybridized carbons (Fsp3) is 0.0909. The van der Waals surface area contributed by atoms with Gasteiger partial charge in [0, 0.05) is 5.02 Å². The molecule has 20 heavy (non-hydrogen) atoms. The molecule has 7 nitrogen and oxygen atoms in total. The first kappa shape index (κ1) is 14.4. The van der Waals surface area contributed by atoms with E-state index in [4.69, 9.17) is 16.7 Å². The lowest BCUT2D eigenvalue weighted by molar-refractivity contribution is 0.0698. The number of carbonyl (C=O) groups is 1. The number of aromatic amines is 1. The molecule has 0 bridgehead atoms. The zero-order chi connectivity index (χ0) is 14.9. The van der Waals surface area contributed by atoms with Gasteiger partial charge in [0.25, 0.3) is 10.0 Å². The Kier molecular flexibility index (Phi) is 3.69. The summed E-state index contributed by atoms with van der Waals surface area (Å²) >= 11 is 5.70. The normalized spacial score (nSPS) is 11.3. The van der Waals surface area contributed by atoms with E-state index in [9.17, 15) is 13.2 Å². The van der Waals surface area contributed by atoms with E-state index in [2.05, 4.69) is 14.9 Å². The van der Waals surface area contributed by atoms with Crippen molar-refractivity contribution in [2.45, 2.75) is 11.8 Å². The molecule has 0 atom stereocenters. The number of carboxylic acid groups (broad SMARTS) is 1. The lowest BCUT2D eigenvalue weighted by atomic mass is 10.2. The number of benzene rings is 1. The van der Waals surface area contributed by atoms with Crippen LogP contribution in [0.2, 0.25) is 5.02 Å². The number of halogens is 1. The average Bonchev–Trinajstić information content (AvgIpc) is 2.78. The predicted molar refractivity (Wildman–Crippen MR) is 72.5 cm³/mol. The van der Waals surface area contributed by atoms with E-state index in [0.29, 0.717) is 5.69 Å². The molecule has 1 heterocycles. The van der Waals surface area contributed by atoms with Crippen LogP contribution >= 0.6 is 11.6 Å². The number of anilines is 1. The minimum Gasteiger partial charge on any atom is -0.478 e. The van der Waals surface area contributed by atoms with E-state index in [1.807, 2.05) is 0 Å². The monoisotopic (exact) mass is 315 g/mol. The third kappa shape index (κ3) is 2.75. The molecule has 0 aliphatic heterocycles. The Labute approximate surface area is 119 Å². The van der Waals surface area contributed by atoms with Gasteiger partial charge in [-0.3, -0.25) is 9.82 Å². The number of hydrogen-bond donors (Lipinski definition) is 3. The van der Waals surface area contributed by atoms with E-state index in [1.54, 1.807) is 6.92 Å². The van der Waals surface area contributed by atoms with Gasteiger partial charge in [-0.1, -0.05) is 11.6 Å². The largest absolute Gasteiger partial charge is 0.478 e. The number of nitrogens with one attached hydrogen (secondary N) is 2. The van der Waals surface area contributed by atoms with Gasteiger partial charge in [-0.15, -0.1) is 0 Å². The maximum Gasteiger partial charge on any atom is 0.337 e. The molecule has 0 aliphatic carbocycles. The molecule has 0 spiro atoms. The lowest BCUT2D eigenvalue weighted by Crippen LogP contribution is -2.16. The topological polar surface area (TPSA) is 112 Å². The van der Waals surface area contributed by atoms with E-state index in [0.717, 1.165) is 6.20 Å². The number of hydrogen-bond acceptors (Lipinski definition) is 4. The minimum atomic E-state index is -3.92. The lowest BCUT2D eigenvalue weighted by Gasteiger charge is -2.10. The first-order valence-corrected chi connectivity index (χ1v) is 7.23. The van der Waals surface area contributed by atoms with Crippen LogP contribution in [0.3, 0.4) is 0 Å². The first-order valence-electron chi connectivity index (χ1n) is 5.37. The molecule has 2 aromatic rings. The highest BCUT2D eigenvalue weighted by molar-refractivity contribution is 7.92. The molecule has 0 fully saturated rings. The molecule has 106 valence electrons. The number of rotatable bonds is 4. The van der Waals surface area contributed by atoms with Gasteiger partial charge < -0.3 is 5.11 Å². The van der Waals surface area contributed by atoms with Crippen molar-refractivity contribution in [1.82, 2.24) is 10.2 Å². The second-order valence-corrected chi connectivity index (χ2v) is 6.05. The number of carboxylic acids is 1. The number of aromatic carboxylic acids is 1. The van der Waals surface area contributed by atoms with Gasteiger partial charge >= 0.3 is 5.97 Å². The van der Waals surface area contributed by atoms with Gasteiger partial charge in [0.1, 0.15) is 4.90 Å². The predicted octanol–water partition coefficient (Wildman–Crippen LogP) is 1.87. The van der Waals surface area contributed by atoms with Crippen LogP contribution in [0, 0.1) is 6.92 Å². The van der Waals surface area contributed by atoms with Crippen LogP contribution in [0.5, 0.6) is 0 Å². The summed E-state index contributed by atoms with van der Waals surface area (Å²) in [6.07, 6.45) is 1.15. The number of aryl methyl sites for hydroxylation is 1. The Hall–Kier alpha value is -2.06. The summed E-state index contributed by atoms with van der Waals surface area (Å²) in [6, 6.07) is 3.86. The van der Waals surface area contributed by atoms with Crippen LogP contribution < -0.4 is 4.72 Å². The van der Waals surface area contributed by atoms with Gasteiger partial charge in [-0.05, 0) is 25.1 Å². The molecule has 0 unspecified atom stereocenters. The Morgan fingerprint density at radius 3 is 2.70 bits per heavy atom. The van der Waals surface area contributed by atoms with E-state index in [-0.39, 0.29) is 21.2 Å². The summed E-state index contributed by atoms with van der Waals surface area (Å²) in [7, 11) is -3.92. The van der Waals surface area contributed by atoms with Gasteiger partial charge in [0.2, 0.25) is 0 Å². The molecular weight excluding hydrogens is 306 g/mol. The SMILES string of the molecule is Cc1[nH]ncc1S(=O)(=O)Nc1ccc(Cl)cc1C(=O)O. The molecule has 1 aromatic heterocycles. The molecule has 2 rings (SSSR count). The molecule has 0 saturated heterocycles. The quantitative estimate of drug-likeness (QED) is 0.797. The number of H-pyrrole nitrogens is 1. The smallest absolute Gasteiger partial charge is 0.337 e. The molecule has 0 saturated carbocycles. The van der Waals surface area contributed by atoms with Crippen LogP contribution in [0.4, 0.5) is 5.69 Å². The Morgan fingerprint density at radius 1 is 1.45 bits per heavy atom. The van der Waals surface area contributed by atoms with Crippen molar-refractivity contribution in [3.8, 4) is 0 Å². The molecule has 9 heteroatoms. The second-order valence-electron chi connectivity index (χ2n) is 3.96. The van der Waals surface area contributed by atoms with Crippen LogP contribution in [-0.4, -0.2) is 29.7 Å². The molecule has 0 radical (unpaired) electrons.